The molecular formula is C13H25N3O3. The maximum absolute atomic E-state index is 11.9. The molecule has 1 heterocycles. The van der Waals surface area contributed by atoms with E-state index in [4.69, 9.17) is 5.11 Å². The standard InChI is InChI=1S/C13H25N3O3/c1-10(2)15-6-8-16(9-7-15)13(19)14-5-4-11(3)12(17)18/h10-11H,4-9H2,1-3H3,(H,14,19)(H,17,18). The Balaban J connectivity index is 2.23. The zero-order chi connectivity index (χ0) is 14.4. The highest BCUT2D eigenvalue weighted by Crippen LogP contribution is 2.06. The molecule has 0 radical (unpaired) electrons. The normalized spacial score (nSPS) is 18.4. The first-order valence-electron chi connectivity index (χ1n) is 6.91. The van der Waals surface area contributed by atoms with Crippen LogP contribution in [0, 0.1) is 5.92 Å². The summed E-state index contributed by atoms with van der Waals surface area (Å²) >= 11 is 0. The average molecular weight is 271 g/mol. The molecule has 0 aromatic heterocycles. The van der Waals surface area contributed by atoms with Crippen LogP contribution in [-0.2, 0) is 4.79 Å². The van der Waals surface area contributed by atoms with E-state index in [0.29, 0.717) is 19.0 Å². The van der Waals surface area contributed by atoms with Crippen LogP contribution >= 0.6 is 0 Å². The Morgan fingerprint density at radius 2 is 1.74 bits per heavy atom. The number of piperazine rings is 1. The van der Waals surface area contributed by atoms with Crippen LogP contribution in [0.1, 0.15) is 27.2 Å². The third-order valence-corrected chi connectivity index (χ3v) is 3.61. The number of nitrogens with zero attached hydrogens (tertiary/aromatic N) is 2. The van der Waals surface area contributed by atoms with Crippen molar-refractivity contribution in [3.8, 4) is 0 Å². The molecule has 0 spiro atoms. The van der Waals surface area contributed by atoms with Crippen LogP contribution in [0.25, 0.3) is 0 Å². The highest BCUT2D eigenvalue weighted by Gasteiger charge is 2.22. The maximum Gasteiger partial charge on any atom is 0.317 e. The van der Waals surface area contributed by atoms with Crippen molar-refractivity contribution in [3.05, 3.63) is 0 Å². The van der Waals surface area contributed by atoms with E-state index in [-0.39, 0.29) is 6.03 Å². The molecule has 1 rings (SSSR count). The summed E-state index contributed by atoms with van der Waals surface area (Å²) in [5.74, 6) is -1.24. The van der Waals surface area contributed by atoms with Gasteiger partial charge in [-0.3, -0.25) is 9.69 Å². The van der Waals surface area contributed by atoms with Crippen molar-refractivity contribution in [2.75, 3.05) is 32.7 Å². The molecule has 110 valence electrons. The van der Waals surface area contributed by atoms with E-state index < -0.39 is 11.9 Å². The lowest BCUT2D eigenvalue weighted by molar-refractivity contribution is -0.141. The molecule has 1 aliphatic heterocycles. The fourth-order valence-electron chi connectivity index (χ4n) is 2.07. The zero-order valence-electron chi connectivity index (χ0n) is 12.1. The molecule has 0 aliphatic carbocycles. The predicted molar refractivity (Wildman–Crippen MR) is 73.1 cm³/mol. The second kappa shape index (κ2) is 7.33. The van der Waals surface area contributed by atoms with Crippen molar-refractivity contribution in [2.24, 2.45) is 5.92 Å². The SMILES string of the molecule is CC(CCNC(=O)N1CCN(C(C)C)CC1)C(=O)O. The lowest BCUT2D eigenvalue weighted by Gasteiger charge is -2.36. The number of amides is 2. The van der Waals surface area contributed by atoms with Crippen LogP contribution in [0.5, 0.6) is 0 Å². The summed E-state index contributed by atoms with van der Waals surface area (Å²) in [6.07, 6.45) is 0.465. The minimum atomic E-state index is -0.820. The van der Waals surface area contributed by atoms with Gasteiger partial charge in [-0.15, -0.1) is 0 Å². The first-order chi connectivity index (χ1) is 8.91. The fraction of sp³-hybridized carbons (Fsp3) is 0.846. The molecule has 1 atom stereocenters. The lowest BCUT2D eigenvalue weighted by Crippen LogP contribution is -2.53. The van der Waals surface area contributed by atoms with Crippen LogP contribution in [-0.4, -0.2) is 65.7 Å². The van der Waals surface area contributed by atoms with Gasteiger partial charge < -0.3 is 15.3 Å². The minimum Gasteiger partial charge on any atom is -0.481 e. The Labute approximate surface area is 114 Å². The van der Waals surface area contributed by atoms with E-state index in [1.165, 1.54) is 0 Å². The second-order valence-electron chi connectivity index (χ2n) is 5.38. The molecule has 1 aliphatic rings. The Bertz CT molecular complexity index is 312. The predicted octanol–water partition coefficient (Wildman–Crippen LogP) is 0.833. The maximum atomic E-state index is 11.9. The molecule has 19 heavy (non-hydrogen) atoms. The molecule has 6 heteroatoms. The van der Waals surface area contributed by atoms with E-state index in [1.807, 2.05) is 0 Å². The number of carbonyl (C=O) groups excluding carboxylic acids is 1. The van der Waals surface area contributed by atoms with Crippen molar-refractivity contribution in [1.29, 1.82) is 0 Å². The van der Waals surface area contributed by atoms with E-state index in [2.05, 4.69) is 24.1 Å². The number of carboxylic acids is 1. The van der Waals surface area contributed by atoms with Crippen molar-refractivity contribution < 1.29 is 14.7 Å². The van der Waals surface area contributed by atoms with Crippen LogP contribution in [0.2, 0.25) is 0 Å². The third kappa shape index (κ3) is 5.06. The molecule has 1 unspecified atom stereocenters. The monoisotopic (exact) mass is 271 g/mol. The van der Waals surface area contributed by atoms with Crippen molar-refractivity contribution in [1.82, 2.24) is 15.1 Å². The number of hydrogen-bond acceptors (Lipinski definition) is 3. The van der Waals surface area contributed by atoms with Crippen LogP contribution in [0.3, 0.4) is 0 Å². The van der Waals surface area contributed by atoms with Gasteiger partial charge in [0.25, 0.3) is 0 Å². The lowest BCUT2D eigenvalue weighted by atomic mass is 10.1. The number of carbonyl (C=O) groups is 2. The first-order valence-corrected chi connectivity index (χ1v) is 6.91. The van der Waals surface area contributed by atoms with Gasteiger partial charge in [0.1, 0.15) is 0 Å². The summed E-state index contributed by atoms with van der Waals surface area (Å²) in [5, 5.41) is 11.5. The summed E-state index contributed by atoms with van der Waals surface area (Å²) in [7, 11) is 0. The van der Waals surface area contributed by atoms with Gasteiger partial charge >= 0.3 is 12.0 Å². The number of nitrogens with one attached hydrogen (secondary N) is 1. The molecule has 0 saturated carbocycles. The van der Waals surface area contributed by atoms with Gasteiger partial charge in [-0.05, 0) is 20.3 Å². The molecule has 2 N–H and O–H groups in total. The van der Waals surface area contributed by atoms with Crippen LogP contribution in [0.4, 0.5) is 4.79 Å². The molecule has 0 bridgehead atoms. The van der Waals surface area contributed by atoms with E-state index in [0.717, 1.165) is 26.2 Å². The molecule has 1 saturated heterocycles. The van der Waals surface area contributed by atoms with E-state index in [9.17, 15) is 9.59 Å². The van der Waals surface area contributed by atoms with E-state index in [1.54, 1.807) is 11.8 Å². The summed E-state index contributed by atoms with van der Waals surface area (Å²) in [5.41, 5.74) is 0. The van der Waals surface area contributed by atoms with Gasteiger partial charge in [0.15, 0.2) is 0 Å². The minimum absolute atomic E-state index is 0.0824. The molecule has 0 aromatic carbocycles. The van der Waals surface area contributed by atoms with E-state index >= 15 is 0 Å². The quantitative estimate of drug-likeness (QED) is 0.777. The molecule has 1 fully saturated rings. The van der Waals surface area contributed by atoms with Crippen LogP contribution < -0.4 is 5.32 Å². The van der Waals surface area contributed by atoms with Crippen LogP contribution in [0.15, 0.2) is 0 Å². The van der Waals surface area contributed by atoms with Gasteiger partial charge in [0.05, 0.1) is 5.92 Å². The molecular weight excluding hydrogens is 246 g/mol. The number of carboxylic acid groups (broad SMARTS) is 1. The zero-order valence-corrected chi connectivity index (χ0v) is 12.1. The topological polar surface area (TPSA) is 72.9 Å². The summed E-state index contributed by atoms with van der Waals surface area (Å²) in [6.45, 7) is 9.64. The van der Waals surface area contributed by atoms with Crippen molar-refractivity contribution in [2.45, 2.75) is 33.2 Å². The average Bonchev–Trinajstić information content (AvgIpc) is 2.38. The largest absolute Gasteiger partial charge is 0.481 e. The van der Waals surface area contributed by atoms with Gasteiger partial charge in [-0.1, -0.05) is 6.92 Å². The number of rotatable bonds is 5. The van der Waals surface area contributed by atoms with Gasteiger partial charge in [0.2, 0.25) is 0 Å². The Hall–Kier alpha value is -1.30. The molecule has 0 aromatic rings. The first kappa shape index (κ1) is 15.8. The molecule has 2 amide bonds. The van der Waals surface area contributed by atoms with Crippen molar-refractivity contribution in [3.63, 3.8) is 0 Å². The Morgan fingerprint density at radius 3 is 2.21 bits per heavy atom. The Kier molecular flexibility index (Phi) is 6.08. The summed E-state index contributed by atoms with van der Waals surface area (Å²) < 4.78 is 0. The van der Waals surface area contributed by atoms with Gasteiger partial charge in [-0.2, -0.15) is 0 Å². The van der Waals surface area contributed by atoms with Crippen molar-refractivity contribution >= 4 is 12.0 Å². The highest BCUT2D eigenvalue weighted by molar-refractivity contribution is 5.74. The summed E-state index contributed by atoms with van der Waals surface area (Å²) in [6, 6.07) is 0.433. The third-order valence-electron chi connectivity index (χ3n) is 3.61. The summed E-state index contributed by atoms with van der Waals surface area (Å²) in [4.78, 5) is 26.7. The number of urea groups is 1. The van der Waals surface area contributed by atoms with Gasteiger partial charge in [-0.25, -0.2) is 4.79 Å². The Morgan fingerprint density at radius 1 is 1.16 bits per heavy atom. The smallest absolute Gasteiger partial charge is 0.317 e. The fourth-order valence-corrected chi connectivity index (χ4v) is 2.07. The highest BCUT2D eigenvalue weighted by atomic mass is 16.4. The number of aliphatic carboxylic acids is 1. The van der Waals surface area contributed by atoms with Gasteiger partial charge in [0, 0.05) is 38.8 Å². The molecule has 6 nitrogen and oxygen atoms in total. The second-order valence-corrected chi connectivity index (χ2v) is 5.38. The number of hydrogen-bond donors (Lipinski definition) is 2.